The largest absolute Gasteiger partial charge is 0.467 e. The molecule has 0 radical (unpaired) electrons. The van der Waals surface area contributed by atoms with Crippen LogP contribution in [0.3, 0.4) is 0 Å². The van der Waals surface area contributed by atoms with Gasteiger partial charge in [-0.3, -0.25) is 4.79 Å². The number of thiazole rings is 1. The number of aromatic nitrogens is 1. The van der Waals surface area contributed by atoms with Crippen LogP contribution in [-0.4, -0.2) is 10.9 Å². The highest BCUT2D eigenvalue weighted by Gasteiger charge is 2.34. The minimum absolute atomic E-state index is 0.209. The van der Waals surface area contributed by atoms with Crippen LogP contribution in [0.5, 0.6) is 0 Å². The average molecular weight is 326 g/mol. The van der Waals surface area contributed by atoms with E-state index in [0.717, 1.165) is 0 Å². The lowest BCUT2D eigenvalue weighted by Crippen LogP contribution is -2.22. The van der Waals surface area contributed by atoms with Crippen LogP contribution in [0.4, 0.5) is 13.2 Å². The summed E-state index contributed by atoms with van der Waals surface area (Å²) < 4.78 is 43.3. The molecule has 0 aliphatic carbocycles. The first-order valence-electron chi connectivity index (χ1n) is 6.22. The maximum Gasteiger partial charge on any atom is 0.443 e. The molecule has 2 aromatic heterocycles. The molecule has 0 bridgehead atoms. The van der Waals surface area contributed by atoms with Gasteiger partial charge in [-0.1, -0.05) is 0 Å². The topological polar surface area (TPSA) is 55.1 Å². The Morgan fingerprint density at radius 1 is 1.32 bits per heavy atom. The molecule has 114 valence electrons. The number of hydrogen-bond donors (Lipinski definition) is 1. The quantitative estimate of drug-likeness (QED) is 0.795. The van der Waals surface area contributed by atoms with Gasteiger partial charge in [0.2, 0.25) is 0 Å². The number of nitrogens with zero attached hydrogens (tertiary/aromatic N) is 1. The maximum absolute atomic E-state index is 12.6. The van der Waals surface area contributed by atoms with Crippen molar-refractivity contribution in [3.05, 3.63) is 52.9 Å². The molecule has 0 saturated carbocycles. The highest BCUT2D eigenvalue weighted by molar-refractivity contribution is 7.18. The number of halogens is 3. The summed E-state index contributed by atoms with van der Waals surface area (Å²) in [6, 6.07) is 7.66. The van der Waals surface area contributed by atoms with Gasteiger partial charge < -0.3 is 9.73 Å². The monoisotopic (exact) mass is 326 g/mol. The number of alkyl halides is 3. The molecule has 0 fully saturated rings. The third kappa shape index (κ3) is 2.96. The standard InChI is InChI=1S/C14H9F3N2O2S/c15-14(16,17)13-19-10-4-3-8(6-11(10)22-13)12(20)18-7-9-2-1-5-21-9/h1-6H,7H2,(H,18,20). The number of rotatable bonds is 3. The molecule has 0 unspecified atom stereocenters. The smallest absolute Gasteiger partial charge is 0.443 e. The van der Waals surface area contributed by atoms with Gasteiger partial charge >= 0.3 is 6.18 Å². The van der Waals surface area contributed by atoms with Crippen LogP contribution >= 0.6 is 11.3 Å². The third-order valence-electron chi connectivity index (χ3n) is 2.90. The van der Waals surface area contributed by atoms with Gasteiger partial charge in [-0.15, -0.1) is 11.3 Å². The molecular formula is C14H9F3N2O2S. The first-order chi connectivity index (χ1) is 10.4. The Morgan fingerprint density at radius 2 is 2.14 bits per heavy atom. The van der Waals surface area contributed by atoms with Crippen LogP contribution < -0.4 is 5.32 Å². The van der Waals surface area contributed by atoms with E-state index in [0.29, 0.717) is 21.8 Å². The SMILES string of the molecule is O=C(NCc1ccco1)c1ccc2nc(C(F)(F)F)sc2c1. The van der Waals surface area contributed by atoms with Gasteiger partial charge in [-0.2, -0.15) is 13.2 Å². The Labute approximate surface area is 126 Å². The van der Waals surface area contributed by atoms with Crippen molar-refractivity contribution in [2.24, 2.45) is 0 Å². The molecule has 3 rings (SSSR count). The first-order valence-corrected chi connectivity index (χ1v) is 7.03. The molecule has 0 aliphatic heterocycles. The number of carbonyl (C=O) groups is 1. The van der Waals surface area contributed by atoms with Gasteiger partial charge in [0.1, 0.15) is 5.76 Å². The van der Waals surface area contributed by atoms with E-state index in [-0.39, 0.29) is 23.5 Å². The summed E-state index contributed by atoms with van der Waals surface area (Å²) in [5.41, 5.74) is 0.497. The minimum atomic E-state index is -4.48. The number of furan rings is 1. The fourth-order valence-electron chi connectivity index (χ4n) is 1.87. The highest BCUT2D eigenvalue weighted by Crippen LogP contribution is 2.35. The summed E-state index contributed by atoms with van der Waals surface area (Å²) >= 11 is 0.517. The lowest BCUT2D eigenvalue weighted by molar-refractivity contribution is -0.137. The van der Waals surface area contributed by atoms with Gasteiger partial charge in [-0.05, 0) is 30.3 Å². The van der Waals surface area contributed by atoms with Crippen LogP contribution in [0.2, 0.25) is 0 Å². The normalized spacial score (nSPS) is 11.8. The number of hydrogen-bond acceptors (Lipinski definition) is 4. The molecule has 22 heavy (non-hydrogen) atoms. The van der Waals surface area contributed by atoms with Crippen LogP contribution in [0.1, 0.15) is 21.1 Å². The predicted octanol–water partition coefficient (Wildman–Crippen LogP) is 3.84. The fourth-order valence-corrected chi connectivity index (χ4v) is 2.74. The van der Waals surface area contributed by atoms with E-state index in [4.69, 9.17) is 4.42 Å². The Kier molecular flexibility index (Phi) is 3.61. The van der Waals surface area contributed by atoms with Gasteiger partial charge in [0.05, 0.1) is 23.0 Å². The second kappa shape index (κ2) is 5.45. The molecule has 8 heteroatoms. The molecule has 4 nitrogen and oxygen atoms in total. The molecule has 0 atom stereocenters. The Morgan fingerprint density at radius 3 is 2.82 bits per heavy atom. The summed E-state index contributed by atoms with van der Waals surface area (Å²) in [4.78, 5) is 15.5. The van der Waals surface area contributed by atoms with E-state index in [1.54, 1.807) is 12.1 Å². The van der Waals surface area contributed by atoms with Crippen molar-refractivity contribution in [1.29, 1.82) is 0 Å². The van der Waals surface area contributed by atoms with E-state index in [2.05, 4.69) is 10.3 Å². The van der Waals surface area contributed by atoms with E-state index < -0.39 is 11.2 Å². The summed E-state index contributed by atoms with van der Waals surface area (Å²) in [7, 11) is 0. The van der Waals surface area contributed by atoms with Crippen LogP contribution in [0.15, 0.2) is 41.0 Å². The van der Waals surface area contributed by atoms with Crippen molar-refractivity contribution < 1.29 is 22.4 Å². The molecule has 1 N–H and O–H groups in total. The molecule has 0 spiro atoms. The van der Waals surface area contributed by atoms with Crippen molar-refractivity contribution in [1.82, 2.24) is 10.3 Å². The molecule has 2 heterocycles. The number of benzene rings is 1. The molecular weight excluding hydrogens is 317 g/mol. The Bertz CT molecular complexity index is 809. The number of carbonyl (C=O) groups excluding carboxylic acids is 1. The van der Waals surface area contributed by atoms with Crippen LogP contribution in [0.25, 0.3) is 10.2 Å². The van der Waals surface area contributed by atoms with Gasteiger partial charge in [-0.25, -0.2) is 4.98 Å². The van der Waals surface area contributed by atoms with Crippen molar-refractivity contribution in [3.63, 3.8) is 0 Å². The fraction of sp³-hybridized carbons (Fsp3) is 0.143. The number of nitrogens with one attached hydrogen (secondary N) is 1. The zero-order valence-corrected chi connectivity index (χ0v) is 11.8. The molecule has 3 aromatic rings. The van der Waals surface area contributed by atoms with Crippen LogP contribution in [-0.2, 0) is 12.7 Å². The summed E-state index contributed by atoms with van der Waals surface area (Å²) in [6.45, 7) is 0.209. The van der Waals surface area contributed by atoms with Gasteiger partial charge in [0, 0.05) is 5.56 Å². The zero-order valence-electron chi connectivity index (χ0n) is 11.0. The number of amides is 1. The second-order valence-corrected chi connectivity index (χ2v) is 5.49. The van der Waals surface area contributed by atoms with E-state index in [1.165, 1.54) is 24.5 Å². The number of fused-ring (bicyclic) bond motifs is 1. The zero-order chi connectivity index (χ0) is 15.7. The molecule has 1 amide bonds. The Balaban J connectivity index is 1.80. The minimum Gasteiger partial charge on any atom is -0.467 e. The lowest BCUT2D eigenvalue weighted by atomic mass is 10.2. The average Bonchev–Trinajstić information content (AvgIpc) is 3.12. The predicted molar refractivity (Wildman–Crippen MR) is 74.5 cm³/mol. The van der Waals surface area contributed by atoms with E-state index in [9.17, 15) is 18.0 Å². The van der Waals surface area contributed by atoms with Crippen LogP contribution in [0, 0.1) is 0 Å². The Hall–Kier alpha value is -2.35. The first kappa shape index (κ1) is 14.6. The molecule has 1 aromatic carbocycles. The van der Waals surface area contributed by atoms with Crippen molar-refractivity contribution in [2.75, 3.05) is 0 Å². The lowest BCUT2D eigenvalue weighted by Gasteiger charge is -2.03. The van der Waals surface area contributed by atoms with Crippen molar-refractivity contribution in [2.45, 2.75) is 12.7 Å². The molecule has 0 aliphatic rings. The summed E-state index contributed by atoms with van der Waals surface area (Å²) in [5.74, 6) is 0.201. The molecule has 0 saturated heterocycles. The third-order valence-corrected chi connectivity index (χ3v) is 3.96. The summed E-state index contributed by atoms with van der Waals surface area (Å²) in [6.07, 6.45) is -2.99. The highest BCUT2D eigenvalue weighted by atomic mass is 32.1. The second-order valence-electron chi connectivity index (χ2n) is 4.46. The van der Waals surface area contributed by atoms with E-state index >= 15 is 0 Å². The van der Waals surface area contributed by atoms with Crippen molar-refractivity contribution in [3.8, 4) is 0 Å². The van der Waals surface area contributed by atoms with Gasteiger partial charge in [0.15, 0.2) is 5.01 Å². The summed E-state index contributed by atoms with van der Waals surface area (Å²) in [5, 5.41) is 1.71. The maximum atomic E-state index is 12.6. The van der Waals surface area contributed by atoms with Gasteiger partial charge in [0.25, 0.3) is 5.91 Å². The van der Waals surface area contributed by atoms with E-state index in [1.807, 2.05) is 0 Å². The van der Waals surface area contributed by atoms with Crippen molar-refractivity contribution >= 4 is 27.5 Å².